The van der Waals surface area contributed by atoms with Crippen LogP contribution in [0.5, 0.6) is 11.5 Å². The first-order valence-electron chi connectivity index (χ1n) is 8.68. The molecule has 2 rings (SSSR count). The summed E-state index contributed by atoms with van der Waals surface area (Å²) in [6.07, 6.45) is 2.52. The molecule has 0 aliphatic carbocycles. The van der Waals surface area contributed by atoms with Gasteiger partial charge in [0, 0.05) is 17.8 Å². The fourth-order valence-corrected chi connectivity index (χ4v) is 3.17. The Morgan fingerprint density at radius 3 is 2.32 bits per heavy atom. The molecular formula is C20H24N2O5S. The van der Waals surface area contributed by atoms with Gasteiger partial charge in [-0.15, -0.1) is 0 Å². The maximum Gasteiger partial charge on any atom is 0.306 e. The average molecular weight is 404 g/mol. The lowest BCUT2D eigenvalue weighted by atomic mass is 10.1. The normalized spacial score (nSPS) is 10.5. The topological polar surface area (TPSA) is 87.6 Å². The van der Waals surface area contributed by atoms with Crippen LogP contribution in [0, 0.1) is 13.8 Å². The number of benzene rings is 1. The van der Waals surface area contributed by atoms with Crippen LogP contribution in [0.25, 0.3) is 0 Å². The molecule has 8 heteroatoms. The molecule has 1 aromatic heterocycles. The molecule has 0 aliphatic heterocycles. The van der Waals surface area contributed by atoms with Gasteiger partial charge < -0.3 is 14.2 Å². The number of ketones is 1. The molecule has 0 aliphatic rings. The first-order valence-corrected chi connectivity index (χ1v) is 9.91. The Kier molecular flexibility index (Phi) is 7.80. The quantitative estimate of drug-likeness (QED) is 0.273. The number of carbonyl (C=O) groups is 2. The summed E-state index contributed by atoms with van der Waals surface area (Å²) in [7, 11) is 2.98. The lowest BCUT2D eigenvalue weighted by molar-refractivity contribution is -0.142. The van der Waals surface area contributed by atoms with Crippen molar-refractivity contribution in [2.24, 2.45) is 0 Å². The number of hydrogen-bond acceptors (Lipinski definition) is 8. The number of aromatic nitrogens is 2. The summed E-state index contributed by atoms with van der Waals surface area (Å²) in [5.74, 6) is 0.112. The van der Waals surface area contributed by atoms with Crippen LogP contribution in [0.3, 0.4) is 0 Å². The molecule has 0 unspecified atom stereocenters. The molecular weight excluding hydrogens is 380 g/mol. The molecule has 28 heavy (non-hydrogen) atoms. The van der Waals surface area contributed by atoms with Gasteiger partial charge in [0.25, 0.3) is 0 Å². The van der Waals surface area contributed by atoms with Crippen molar-refractivity contribution in [2.45, 2.75) is 31.8 Å². The van der Waals surface area contributed by atoms with Crippen LogP contribution < -0.4 is 9.47 Å². The van der Waals surface area contributed by atoms with E-state index >= 15 is 0 Å². The second kappa shape index (κ2) is 10.1. The number of esters is 1. The summed E-state index contributed by atoms with van der Waals surface area (Å²) in [5, 5.41) is 0.708. The van der Waals surface area contributed by atoms with E-state index in [9.17, 15) is 9.59 Å². The van der Waals surface area contributed by atoms with Gasteiger partial charge in [0.2, 0.25) is 5.78 Å². The van der Waals surface area contributed by atoms with Gasteiger partial charge in [0.15, 0.2) is 11.8 Å². The smallest absolute Gasteiger partial charge is 0.306 e. The van der Waals surface area contributed by atoms with Gasteiger partial charge in [-0.2, -0.15) is 0 Å². The Labute approximate surface area is 168 Å². The van der Waals surface area contributed by atoms with Crippen molar-refractivity contribution in [3.8, 4) is 11.5 Å². The minimum absolute atomic E-state index is 0.145. The predicted molar refractivity (Wildman–Crippen MR) is 106 cm³/mol. The highest BCUT2D eigenvalue weighted by molar-refractivity contribution is 7.98. The van der Waals surface area contributed by atoms with Crippen LogP contribution in [-0.2, 0) is 16.0 Å². The predicted octanol–water partition coefficient (Wildman–Crippen LogP) is 3.19. The Balaban J connectivity index is 1.95. The van der Waals surface area contributed by atoms with E-state index in [1.165, 1.54) is 26.0 Å². The summed E-state index contributed by atoms with van der Waals surface area (Å²) in [6, 6.07) is 4.89. The van der Waals surface area contributed by atoms with Crippen molar-refractivity contribution in [1.82, 2.24) is 9.97 Å². The second-order valence-electron chi connectivity index (χ2n) is 6.01. The van der Waals surface area contributed by atoms with Gasteiger partial charge in [-0.05, 0) is 50.3 Å². The number of carbonyl (C=O) groups excluding carboxylic acids is 2. The van der Waals surface area contributed by atoms with Gasteiger partial charge >= 0.3 is 5.97 Å². The van der Waals surface area contributed by atoms with Gasteiger partial charge in [0.05, 0.1) is 19.8 Å². The first-order chi connectivity index (χ1) is 13.4. The van der Waals surface area contributed by atoms with Crippen LogP contribution >= 0.6 is 11.8 Å². The molecule has 0 saturated heterocycles. The number of hydrogen-bond donors (Lipinski definition) is 0. The number of nitrogens with zero attached hydrogens (tertiary/aromatic N) is 2. The lowest BCUT2D eigenvalue weighted by Crippen LogP contribution is -2.16. The Hall–Kier alpha value is -2.61. The number of aryl methyl sites for hydroxylation is 2. The first kappa shape index (κ1) is 21.7. The minimum Gasteiger partial charge on any atom is -0.497 e. The molecule has 0 radical (unpaired) electrons. The summed E-state index contributed by atoms with van der Waals surface area (Å²) in [4.78, 5) is 33.3. The molecule has 0 saturated carbocycles. The third-order valence-electron chi connectivity index (χ3n) is 4.23. The monoisotopic (exact) mass is 404 g/mol. The molecule has 150 valence electrons. The van der Waals surface area contributed by atoms with Crippen LogP contribution in [0.4, 0.5) is 0 Å². The van der Waals surface area contributed by atoms with Crippen molar-refractivity contribution >= 4 is 23.5 Å². The minimum atomic E-state index is -0.456. The second-order valence-corrected chi connectivity index (χ2v) is 6.78. The summed E-state index contributed by atoms with van der Waals surface area (Å²) < 4.78 is 15.5. The van der Waals surface area contributed by atoms with Crippen molar-refractivity contribution in [3.63, 3.8) is 0 Å². The van der Waals surface area contributed by atoms with Crippen molar-refractivity contribution in [3.05, 3.63) is 40.7 Å². The lowest BCUT2D eigenvalue weighted by Gasteiger charge is -2.11. The standard InChI is InChI=1S/C20H24N2O5S/c1-12-15(13(2)22-20(21-12)28-5)7-9-19(24)27-11-17(23)16-10-14(25-3)6-8-18(16)26-4/h6,8,10H,7,9,11H2,1-5H3. The SMILES string of the molecule is COc1ccc(OC)c(C(=O)COC(=O)CCc2c(C)nc(SC)nc2C)c1. The fraction of sp³-hybridized carbons (Fsp3) is 0.400. The van der Waals surface area contributed by atoms with Crippen LogP contribution in [-0.4, -0.2) is 48.8 Å². The molecule has 0 fully saturated rings. The van der Waals surface area contributed by atoms with E-state index in [1.54, 1.807) is 18.2 Å². The Morgan fingerprint density at radius 1 is 1.07 bits per heavy atom. The summed E-state index contributed by atoms with van der Waals surface area (Å²) >= 11 is 1.47. The number of Topliss-reactive ketones (excluding diaryl/α,β-unsaturated/α-hetero) is 1. The number of rotatable bonds is 9. The van der Waals surface area contributed by atoms with E-state index in [4.69, 9.17) is 14.2 Å². The average Bonchev–Trinajstić information content (AvgIpc) is 2.70. The van der Waals surface area contributed by atoms with Crippen molar-refractivity contribution in [1.29, 1.82) is 0 Å². The largest absolute Gasteiger partial charge is 0.497 e. The maximum atomic E-state index is 12.4. The number of thioether (sulfide) groups is 1. The Morgan fingerprint density at radius 2 is 1.75 bits per heavy atom. The third-order valence-corrected chi connectivity index (χ3v) is 4.78. The summed E-state index contributed by atoms with van der Waals surface area (Å²) in [6.45, 7) is 3.43. The highest BCUT2D eigenvalue weighted by Gasteiger charge is 2.17. The van der Waals surface area contributed by atoms with Gasteiger partial charge in [-0.3, -0.25) is 9.59 Å². The van der Waals surface area contributed by atoms with E-state index in [0.717, 1.165) is 17.0 Å². The molecule has 7 nitrogen and oxygen atoms in total. The highest BCUT2D eigenvalue weighted by Crippen LogP contribution is 2.24. The van der Waals surface area contributed by atoms with Gasteiger partial charge in [0.1, 0.15) is 11.5 Å². The van der Waals surface area contributed by atoms with E-state index in [-0.39, 0.29) is 18.8 Å². The van der Waals surface area contributed by atoms with Crippen LogP contribution in [0.15, 0.2) is 23.4 Å². The van der Waals surface area contributed by atoms with E-state index in [0.29, 0.717) is 28.6 Å². The molecule has 1 aromatic carbocycles. The molecule has 0 N–H and O–H groups in total. The Bertz CT molecular complexity index is 847. The molecule has 1 heterocycles. The third kappa shape index (κ3) is 5.45. The zero-order valence-corrected chi connectivity index (χ0v) is 17.5. The fourth-order valence-electron chi connectivity index (χ4n) is 2.72. The zero-order valence-electron chi connectivity index (χ0n) is 16.7. The zero-order chi connectivity index (χ0) is 20.7. The highest BCUT2D eigenvalue weighted by atomic mass is 32.2. The summed E-state index contributed by atoms with van der Waals surface area (Å²) in [5.41, 5.74) is 2.93. The van der Waals surface area contributed by atoms with Crippen LogP contribution in [0.2, 0.25) is 0 Å². The maximum absolute atomic E-state index is 12.4. The van der Waals surface area contributed by atoms with E-state index in [2.05, 4.69) is 9.97 Å². The molecule has 0 amide bonds. The van der Waals surface area contributed by atoms with E-state index < -0.39 is 5.97 Å². The van der Waals surface area contributed by atoms with Crippen molar-refractivity contribution < 1.29 is 23.8 Å². The number of methoxy groups -OCH3 is 2. The molecule has 0 spiro atoms. The molecule has 0 atom stereocenters. The van der Waals surface area contributed by atoms with Gasteiger partial charge in [-0.1, -0.05) is 11.8 Å². The van der Waals surface area contributed by atoms with Crippen LogP contribution in [0.1, 0.15) is 33.7 Å². The van der Waals surface area contributed by atoms with Gasteiger partial charge in [-0.25, -0.2) is 9.97 Å². The molecule has 0 bridgehead atoms. The van der Waals surface area contributed by atoms with Crippen molar-refractivity contribution in [2.75, 3.05) is 27.1 Å². The number of ether oxygens (including phenoxy) is 3. The van der Waals surface area contributed by atoms with E-state index in [1.807, 2.05) is 20.1 Å². The molecule has 2 aromatic rings.